The van der Waals surface area contributed by atoms with Crippen LogP contribution in [0.2, 0.25) is 10.0 Å². The van der Waals surface area contributed by atoms with Crippen LogP contribution in [0.3, 0.4) is 0 Å². The molecule has 3 aromatic rings. The van der Waals surface area contributed by atoms with Gasteiger partial charge in [-0.15, -0.1) is 0 Å². The summed E-state index contributed by atoms with van der Waals surface area (Å²) in [5, 5.41) is 10.1. The molecule has 0 aliphatic carbocycles. The number of rotatable bonds is 6. The minimum atomic E-state index is -4.53. The zero-order chi connectivity index (χ0) is 23.5. The summed E-state index contributed by atoms with van der Waals surface area (Å²) in [7, 11) is 1.43. The SMILES string of the molecule is COc1ncc(Cl)c(C)c1C(C#N)c1cccc(OCc2cc(Cl)cc(C(F)(F)F)c2)n1. The Balaban J connectivity index is 1.89. The lowest BCUT2D eigenvalue weighted by molar-refractivity contribution is -0.137. The summed E-state index contributed by atoms with van der Waals surface area (Å²) < 4.78 is 49.9. The maximum absolute atomic E-state index is 13.0. The molecule has 2 heterocycles. The molecule has 0 radical (unpaired) electrons. The van der Waals surface area contributed by atoms with Gasteiger partial charge in [0.05, 0.1) is 29.5 Å². The molecule has 5 nitrogen and oxygen atoms in total. The predicted molar refractivity (Wildman–Crippen MR) is 113 cm³/mol. The fraction of sp³-hybridized carbons (Fsp3) is 0.227. The first kappa shape index (κ1) is 23.6. The molecule has 0 N–H and O–H groups in total. The highest BCUT2D eigenvalue weighted by Gasteiger charge is 2.31. The Hall–Kier alpha value is -3.02. The summed E-state index contributed by atoms with van der Waals surface area (Å²) in [6.07, 6.45) is -3.10. The molecule has 0 aliphatic heterocycles. The molecule has 0 saturated heterocycles. The van der Waals surface area contributed by atoms with Crippen molar-refractivity contribution in [1.29, 1.82) is 5.26 Å². The third-order valence-corrected chi connectivity index (χ3v) is 5.21. The predicted octanol–water partition coefficient (Wildman–Crippen LogP) is 6.35. The molecule has 1 aromatic carbocycles. The van der Waals surface area contributed by atoms with Crippen LogP contribution >= 0.6 is 23.2 Å². The molecule has 0 fully saturated rings. The highest BCUT2D eigenvalue weighted by molar-refractivity contribution is 6.31. The van der Waals surface area contributed by atoms with E-state index in [1.807, 2.05) is 0 Å². The molecular weight excluding hydrogens is 466 g/mol. The third-order valence-electron chi connectivity index (χ3n) is 4.61. The minimum absolute atomic E-state index is 0.0549. The molecule has 1 atom stereocenters. The van der Waals surface area contributed by atoms with E-state index in [0.29, 0.717) is 21.8 Å². The fourth-order valence-electron chi connectivity index (χ4n) is 3.08. The number of methoxy groups -OCH3 is 1. The van der Waals surface area contributed by atoms with Crippen molar-refractivity contribution in [3.8, 4) is 17.8 Å². The number of aromatic nitrogens is 2. The van der Waals surface area contributed by atoms with E-state index in [1.54, 1.807) is 19.1 Å². The van der Waals surface area contributed by atoms with Gasteiger partial charge in [-0.05, 0) is 42.3 Å². The smallest absolute Gasteiger partial charge is 0.416 e. The lowest BCUT2D eigenvalue weighted by Gasteiger charge is -2.17. The van der Waals surface area contributed by atoms with Crippen LogP contribution in [-0.2, 0) is 12.8 Å². The molecule has 0 amide bonds. The van der Waals surface area contributed by atoms with Crippen LogP contribution in [0.4, 0.5) is 13.2 Å². The van der Waals surface area contributed by atoms with Crippen molar-refractivity contribution in [1.82, 2.24) is 9.97 Å². The van der Waals surface area contributed by atoms with Gasteiger partial charge in [0.15, 0.2) is 0 Å². The van der Waals surface area contributed by atoms with E-state index in [1.165, 1.54) is 25.4 Å². The van der Waals surface area contributed by atoms with Crippen molar-refractivity contribution in [2.45, 2.75) is 25.6 Å². The van der Waals surface area contributed by atoms with Gasteiger partial charge in [0.25, 0.3) is 0 Å². The molecule has 10 heteroatoms. The van der Waals surface area contributed by atoms with Crippen LogP contribution in [-0.4, -0.2) is 17.1 Å². The Kier molecular flexibility index (Phi) is 7.12. The standard InChI is InChI=1S/C22H16Cl2F3N3O2/c1-12-17(24)10-29-21(31-2)20(12)16(9-28)18-4-3-5-19(30-18)32-11-13-6-14(22(25,26)27)8-15(23)7-13/h3-8,10,16H,11H2,1-2H3. The van der Waals surface area contributed by atoms with E-state index in [4.69, 9.17) is 32.7 Å². The second-order valence-corrected chi connectivity index (χ2v) is 7.60. The lowest BCUT2D eigenvalue weighted by atomic mass is 9.94. The first-order chi connectivity index (χ1) is 15.1. The summed E-state index contributed by atoms with van der Waals surface area (Å²) in [6.45, 7) is 1.54. The van der Waals surface area contributed by atoms with Gasteiger partial charge in [-0.25, -0.2) is 9.97 Å². The molecular formula is C22H16Cl2F3N3O2. The second-order valence-electron chi connectivity index (χ2n) is 6.75. The molecule has 0 saturated carbocycles. The Labute approximate surface area is 192 Å². The molecule has 2 aromatic heterocycles. The zero-order valence-corrected chi connectivity index (χ0v) is 18.4. The number of hydrogen-bond acceptors (Lipinski definition) is 5. The van der Waals surface area contributed by atoms with Gasteiger partial charge in [-0.3, -0.25) is 0 Å². The number of nitriles is 1. The van der Waals surface area contributed by atoms with E-state index in [0.717, 1.165) is 12.1 Å². The summed E-state index contributed by atoms with van der Waals surface area (Å²) in [5.74, 6) is -0.490. The molecule has 1 unspecified atom stereocenters. The summed E-state index contributed by atoms with van der Waals surface area (Å²) in [6, 6.07) is 10.1. The van der Waals surface area contributed by atoms with Crippen molar-refractivity contribution < 1.29 is 22.6 Å². The number of alkyl halides is 3. The van der Waals surface area contributed by atoms with E-state index < -0.39 is 17.7 Å². The third kappa shape index (κ3) is 5.23. The van der Waals surface area contributed by atoms with Gasteiger partial charge >= 0.3 is 6.18 Å². The van der Waals surface area contributed by atoms with Crippen molar-refractivity contribution in [3.63, 3.8) is 0 Å². The quantitative estimate of drug-likeness (QED) is 0.410. The van der Waals surface area contributed by atoms with Crippen molar-refractivity contribution in [2.24, 2.45) is 0 Å². The normalized spacial score (nSPS) is 12.2. The van der Waals surface area contributed by atoms with Crippen molar-refractivity contribution in [3.05, 3.63) is 80.6 Å². The van der Waals surface area contributed by atoms with Crippen LogP contribution in [0, 0.1) is 18.3 Å². The first-order valence-electron chi connectivity index (χ1n) is 9.19. The Morgan fingerprint density at radius 2 is 1.94 bits per heavy atom. The van der Waals surface area contributed by atoms with Crippen LogP contribution in [0.1, 0.15) is 33.9 Å². The Morgan fingerprint density at radius 3 is 2.59 bits per heavy atom. The summed E-state index contributed by atoms with van der Waals surface area (Å²) >= 11 is 12.0. The van der Waals surface area contributed by atoms with Crippen LogP contribution in [0.25, 0.3) is 0 Å². The minimum Gasteiger partial charge on any atom is -0.481 e. The van der Waals surface area contributed by atoms with E-state index >= 15 is 0 Å². The van der Waals surface area contributed by atoms with Gasteiger partial charge in [0.2, 0.25) is 11.8 Å². The number of benzene rings is 1. The molecule has 166 valence electrons. The second kappa shape index (κ2) is 9.63. The lowest BCUT2D eigenvalue weighted by Crippen LogP contribution is -2.09. The highest BCUT2D eigenvalue weighted by Crippen LogP contribution is 2.36. The van der Waals surface area contributed by atoms with Gasteiger partial charge in [-0.1, -0.05) is 29.3 Å². The molecule has 0 spiro atoms. The Bertz CT molecular complexity index is 1180. The average molecular weight is 482 g/mol. The van der Waals surface area contributed by atoms with Gasteiger partial charge in [0.1, 0.15) is 12.5 Å². The van der Waals surface area contributed by atoms with Gasteiger partial charge in [-0.2, -0.15) is 18.4 Å². The Morgan fingerprint density at radius 1 is 1.19 bits per heavy atom. The van der Waals surface area contributed by atoms with E-state index in [2.05, 4.69) is 16.0 Å². The van der Waals surface area contributed by atoms with Gasteiger partial charge in [0, 0.05) is 22.8 Å². The van der Waals surface area contributed by atoms with Crippen LogP contribution < -0.4 is 9.47 Å². The van der Waals surface area contributed by atoms with Crippen LogP contribution in [0.15, 0.2) is 42.6 Å². The molecule has 0 aliphatic rings. The number of nitrogens with zero attached hydrogens (tertiary/aromatic N) is 3. The topological polar surface area (TPSA) is 68.0 Å². The molecule has 32 heavy (non-hydrogen) atoms. The molecule has 0 bridgehead atoms. The van der Waals surface area contributed by atoms with E-state index in [9.17, 15) is 18.4 Å². The van der Waals surface area contributed by atoms with Crippen molar-refractivity contribution >= 4 is 23.2 Å². The van der Waals surface area contributed by atoms with Gasteiger partial charge < -0.3 is 9.47 Å². The summed E-state index contributed by atoms with van der Waals surface area (Å²) in [4.78, 5) is 8.47. The van der Waals surface area contributed by atoms with Crippen molar-refractivity contribution in [2.75, 3.05) is 7.11 Å². The maximum Gasteiger partial charge on any atom is 0.416 e. The molecule has 3 rings (SSSR count). The maximum atomic E-state index is 13.0. The number of halogens is 5. The zero-order valence-electron chi connectivity index (χ0n) is 16.9. The largest absolute Gasteiger partial charge is 0.481 e. The number of pyridine rings is 2. The van der Waals surface area contributed by atoms with E-state index in [-0.39, 0.29) is 29.0 Å². The average Bonchev–Trinajstić information content (AvgIpc) is 2.75. The summed E-state index contributed by atoms with van der Waals surface area (Å²) in [5.41, 5.74) is 0.794. The number of hydrogen-bond donors (Lipinski definition) is 0. The fourth-order valence-corrected chi connectivity index (χ4v) is 3.49. The first-order valence-corrected chi connectivity index (χ1v) is 9.94. The monoisotopic (exact) mass is 481 g/mol. The number of ether oxygens (including phenoxy) is 2. The highest BCUT2D eigenvalue weighted by atomic mass is 35.5. The van der Waals surface area contributed by atoms with Crippen LogP contribution in [0.5, 0.6) is 11.8 Å².